The van der Waals surface area contributed by atoms with Gasteiger partial charge in [0.25, 0.3) is 11.5 Å². The van der Waals surface area contributed by atoms with E-state index in [-0.39, 0.29) is 18.1 Å². The number of carbonyl (C=O) groups is 1. The van der Waals surface area contributed by atoms with E-state index in [0.717, 1.165) is 17.7 Å². The van der Waals surface area contributed by atoms with Crippen LogP contribution in [0.1, 0.15) is 34.5 Å². The van der Waals surface area contributed by atoms with Gasteiger partial charge in [0.1, 0.15) is 5.84 Å². The van der Waals surface area contributed by atoms with Crippen molar-refractivity contribution < 1.29 is 9.90 Å². The highest BCUT2D eigenvalue weighted by molar-refractivity contribution is 6.12. The molecule has 0 fully saturated rings. The molecule has 0 atom stereocenters. The van der Waals surface area contributed by atoms with Crippen molar-refractivity contribution in [2.24, 2.45) is 12.0 Å². The molecule has 0 saturated carbocycles. The van der Waals surface area contributed by atoms with Gasteiger partial charge in [0.05, 0.1) is 11.3 Å². The van der Waals surface area contributed by atoms with Crippen molar-refractivity contribution in [1.29, 1.82) is 0 Å². The number of aliphatic hydroxyl groups excluding tert-OH is 1. The highest BCUT2D eigenvalue weighted by atomic mass is 16.3. The molecule has 1 aliphatic heterocycles. The maximum atomic E-state index is 13.1. The predicted molar refractivity (Wildman–Crippen MR) is 120 cm³/mol. The molecule has 0 spiro atoms. The monoisotopic (exact) mass is 419 g/mol. The zero-order valence-electron chi connectivity index (χ0n) is 17.6. The second kappa shape index (κ2) is 8.69. The van der Waals surface area contributed by atoms with Gasteiger partial charge in [-0.2, -0.15) is 4.99 Å². The van der Waals surface area contributed by atoms with E-state index in [1.807, 2.05) is 24.3 Å². The topological polar surface area (TPSA) is 104 Å². The highest BCUT2D eigenvalue weighted by Crippen LogP contribution is 2.30. The van der Waals surface area contributed by atoms with Crippen LogP contribution in [-0.4, -0.2) is 44.8 Å². The maximum absolute atomic E-state index is 13.1. The first-order valence-electron chi connectivity index (χ1n) is 10.3. The minimum atomic E-state index is -0.367. The van der Waals surface area contributed by atoms with Gasteiger partial charge >= 0.3 is 0 Å². The first-order chi connectivity index (χ1) is 15.0. The quantitative estimate of drug-likeness (QED) is 0.598. The van der Waals surface area contributed by atoms with Gasteiger partial charge in [0.2, 0.25) is 0 Å². The number of hydrogen-bond donors (Lipinski definition) is 2. The smallest absolute Gasteiger partial charge is 0.278 e. The lowest BCUT2D eigenvalue weighted by molar-refractivity contribution is 0.100. The molecule has 31 heavy (non-hydrogen) atoms. The van der Waals surface area contributed by atoms with Crippen molar-refractivity contribution in [2.45, 2.75) is 26.2 Å². The molecular formula is C23H25N5O3. The SMILES string of the molecule is Cc1cc(C(=O)N=C2Cc3ccccc3N2CCCCO)cc(-c2c[nH]n(C)c2=O)n1. The number of rotatable bonds is 6. The number of para-hydroxylation sites is 1. The Hall–Kier alpha value is -3.52. The van der Waals surface area contributed by atoms with Crippen molar-refractivity contribution in [1.82, 2.24) is 14.8 Å². The number of aryl methyl sites for hydroxylation is 2. The van der Waals surface area contributed by atoms with E-state index in [1.165, 1.54) is 4.68 Å². The van der Waals surface area contributed by atoms with Gasteiger partial charge in [-0.3, -0.25) is 19.3 Å². The number of benzene rings is 1. The summed E-state index contributed by atoms with van der Waals surface area (Å²) in [5.41, 5.74) is 3.86. The van der Waals surface area contributed by atoms with Crippen LogP contribution in [0.15, 0.2) is 52.4 Å². The molecule has 160 valence electrons. The van der Waals surface area contributed by atoms with Crippen LogP contribution in [0, 0.1) is 6.92 Å². The molecule has 8 heteroatoms. The molecule has 4 rings (SSSR count). The average Bonchev–Trinajstić information content (AvgIpc) is 3.27. The molecule has 3 aromatic rings. The van der Waals surface area contributed by atoms with E-state index in [1.54, 1.807) is 32.3 Å². The van der Waals surface area contributed by atoms with Gasteiger partial charge in [0, 0.05) is 49.8 Å². The number of carbonyl (C=O) groups excluding carboxylic acids is 1. The van der Waals surface area contributed by atoms with Gasteiger partial charge < -0.3 is 15.1 Å². The third-order valence-corrected chi connectivity index (χ3v) is 5.38. The summed E-state index contributed by atoms with van der Waals surface area (Å²) in [5, 5.41) is 12.0. The molecule has 0 saturated heterocycles. The Morgan fingerprint density at radius 3 is 2.81 bits per heavy atom. The van der Waals surface area contributed by atoms with Crippen LogP contribution < -0.4 is 10.5 Å². The average molecular weight is 419 g/mol. The van der Waals surface area contributed by atoms with Crippen LogP contribution >= 0.6 is 0 Å². The number of aliphatic hydroxyl groups is 1. The summed E-state index contributed by atoms with van der Waals surface area (Å²) in [4.78, 5) is 36.3. The number of nitrogens with zero attached hydrogens (tertiary/aromatic N) is 4. The van der Waals surface area contributed by atoms with Crippen LogP contribution in [0.2, 0.25) is 0 Å². The van der Waals surface area contributed by atoms with E-state index >= 15 is 0 Å². The Labute approximate surface area is 179 Å². The van der Waals surface area contributed by atoms with E-state index in [2.05, 4.69) is 20.0 Å². The number of fused-ring (bicyclic) bond motifs is 1. The molecule has 2 N–H and O–H groups in total. The lowest BCUT2D eigenvalue weighted by Crippen LogP contribution is -2.29. The van der Waals surface area contributed by atoms with Gasteiger partial charge in [-0.1, -0.05) is 18.2 Å². The van der Waals surface area contributed by atoms with Crippen LogP contribution in [0.5, 0.6) is 0 Å². The Morgan fingerprint density at radius 2 is 2.06 bits per heavy atom. The standard InChI is InChI=1S/C23H25N5O3/c1-15-11-17(12-19(25-15)18-14-24-27(2)23(18)31)22(30)26-21-13-16-7-3-4-8-20(16)28(21)9-5-6-10-29/h3-4,7-8,11-12,14,24,29H,5-6,9-10,13H2,1-2H3. The minimum Gasteiger partial charge on any atom is -0.396 e. The number of aromatic amines is 1. The highest BCUT2D eigenvalue weighted by Gasteiger charge is 2.26. The predicted octanol–water partition coefficient (Wildman–Crippen LogP) is 2.46. The number of aliphatic imine (C=N–C) groups is 1. The fourth-order valence-electron chi connectivity index (χ4n) is 3.82. The molecule has 8 nitrogen and oxygen atoms in total. The molecule has 1 aliphatic rings. The number of H-pyrrole nitrogens is 1. The first kappa shape index (κ1) is 20.7. The molecule has 0 bridgehead atoms. The molecule has 3 heterocycles. The number of anilines is 1. The van der Waals surface area contributed by atoms with E-state index in [4.69, 9.17) is 5.11 Å². The Balaban J connectivity index is 1.66. The van der Waals surface area contributed by atoms with Crippen LogP contribution in [-0.2, 0) is 13.5 Å². The Bertz CT molecular complexity index is 1210. The summed E-state index contributed by atoms with van der Waals surface area (Å²) in [6.45, 7) is 2.61. The summed E-state index contributed by atoms with van der Waals surface area (Å²) in [5.74, 6) is 0.326. The summed E-state index contributed by atoms with van der Waals surface area (Å²) in [6, 6.07) is 11.3. The van der Waals surface area contributed by atoms with Crippen molar-refractivity contribution in [3.05, 3.63) is 69.8 Å². The number of amides is 1. The number of aromatic nitrogens is 3. The number of unbranched alkanes of at least 4 members (excludes halogenated alkanes) is 1. The van der Waals surface area contributed by atoms with Crippen LogP contribution in [0.3, 0.4) is 0 Å². The lowest BCUT2D eigenvalue weighted by Gasteiger charge is -2.20. The second-order valence-electron chi connectivity index (χ2n) is 7.65. The Morgan fingerprint density at radius 1 is 1.26 bits per heavy atom. The van der Waals surface area contributed by atoms with Gasteiger partial charge in [-0.05, 0) is 43.5 Å². The van der Waals surface area contributed by atoms with Crippen LogP contribution in [0.4, 0.5) is 5.69 Å². The molecule has 1 amide bonds. The molecule has 0 aliphatic carbocycles. The fourth-order valence-corrected chi connectivity index (χ4v) is 3.82. The van der Waals surface area contributed by atoms with E-state index in [9.17, 15) is 9.59 Å². The molecule has 2 aromatic heterocycles. The fraction of sp³-hybridized carbons (Fsp3) is 0.304. The van der Waals surface area contributed by atoms with E-state index < -0.39 is 0 Å². The summed E-state index contributed by atoms with van der Waals surface area (Å²) in [6.07, 6.45) is 3.66. The molecule has 0 unspecified atom stereocenters. The zero-order chi connectivity index (χ0) is 22.0. The minimum absolute atomic E-state index is 0.137. The van der Waals surface area contributed by atoms with Crippen molar-refractivity contribution >= 4 is 17.4 Å². The third-order valence-electron chi connectivity index (χ3n) is 5.38. The summed E-state index contributed by atoms with van der Waals surface area (Å²) < 4.78 is 1.36. The normalized spacial score (nSPS) is 14.3. The van der Waals surface area contributed by atoms with Gasteiger partial charge in [-0.15, -0.1) is 0 Å². The number of hydrogen-bond acceptors (Lipinski definition) is 4. The zero-order valence-corrected chi connectivity index (χ0v) is 17.6. The maximum Gasteiger partial charge on any atom is 0.278 e. The van der Waals surface area contributed by atoms with Gasteiger partial charge in [-0.25, -0.2) is 0 Å². The lowest BCUT2D eigenvalue weighted by atomic mass is 10.1. The number of nitrogens with one attached hydrogen (secondary N) is 1. The van der Waals surface area contributed by atoms with Crippen molar-refractivity contribution in [3.8, 4) is 11.3 Å². The van der Waals surface area contributed by atoms with Crippen LogP contribution in [0.25, 0.3) is 11.3 Å². The first-order valence-corrected chi connectivity index (χ1v) is 10.3. The molecule has 0 radical (unpaired) electrons. The van der Waals surface area contributed by atoms with Crippen molar-refractivity contribution in [2.75, 3.05) is 18.1 Å². The molecule has 1 aromatic carbocycles. The Kier molecular flexibility index (Phi) is 5.81. The number of amidine groups is 1. The van der Waals surface area contributed by atoms with Crippen molar-refractivity contribution in [3.63, 3.8) is 0 Å². The second-order valence-corrected chi connectivity index (χ2v) is 7.65. The summed E-state index contributed by atoms with van der Waals surface area (Å²) in [7, 11) is 1.63. The largest absolute Gasteiger partial charge is 0.396 e. The third kappa shape index (κ3) is 4.20. The molecular weight excluding hydrogens is 394 g/mol. The summed E-state index contributed by atoms with van der Waals surface area (Å²) >= 11 is 0. The number of pyridine rings is 1. The van der Waals surface area contributed by atoms with E-state index in [0.29, 0.717) is 47.7 Å². The van der Waals surface area contributed by atoms with Gasteiger partial charge in [0.15, 0.2) is 0 Å².